The second-order valence-electron chi connectivity index (χ2n) is 5.82. The molecule has 1 aliphatic heterocycles. The highest BCUT2D eigenvalue weighted by molar-refractivity contribution is 6.30. The molecule has 1 saturated heterocycles. The number of carbonyl (C=O) groups excluding carboxylic acids is 2. The molecule has 120 valence electrons. The second-order valence-corrected chi connectivity index (χ2v) is 6.26. The number of hydrogen-bond donors (Lipinski definition) is 1. The molecule has 0 saturated carbocycles. The summed E-state index contributed by atoms with van der Waals surface area (Å²) in [4.78, 5) is 25.9. The van der Waals surface area contributed by atoms with Gasteiger partial charge in [-0.1, -0.05) is 18.5 Å². The molecule has 2 rings (SSSR count). The monoisotopic (exact) mass is 322 g/mol. The van der Waals surface area contributed by atoms with E-state index in [0.29, 0.717) is 36.0 Å². The molecule has 0 bridgehead atoms. The van der Waals surface area contributed by atoms with Crippen molar-refractivity contribution in [1.29, 1.82) is 0 Å². The Balaban J connectivity index is 1.88. The Kier molecular flexibility index (Phi) is 6.25. The van der Waals surface area contributed by atoms with E-state index in [1.807, 2.05) is 11.8 Å². The first kappa shape index (κ1) is 16.8. The highest BCUT2D eigenvalue weighted by Gasteiger charge is 2.24. The van der Waals surface area contributed by atoms with Gasteiger partial charge in [0.2, 0.25) is 5.91 Å². The van der Waals surface area contributed by atoms with Gasteiger partial charge in [-0.05, 0) is 49.4 Å². The molecule has 0 aromatic heterocycles. The SMILES string of the molecule is CCCC(=O)NC[C@H]1CCCN(C(=O)c2ccc(Cl)cc2)C1. The summed E-state index contributed by atoms with van der Waals surface area (Å²) in [5.74, 6) is 0.482. The first-order valence-corrected chi connectivity index (χ1v) is 8.29. The molecule has 0 aliphatic carbocycles. The maximum Gasteiger partial charge on any atom is 0.253 e. The fourth-order valence-corrected chi connectivity index (χ4v) is 2.89. The molecule has 0 radical (unpaired) electrons. The lowest BCUT2D eigenvalue weighted by Gasteiger charge is -2.33. The average molecular weight is 323 g/mol. The fraction of sp³-hybridized carbons (Fsp3) is 0.529. The maximum absolute atomic E-state index is 12.5. The Morgan fingerprint density at radius 1 is 1.32 bits per heavy atom. The van der Waals surface area contributed by atoms with Crippen LogP contribution < -0.4 is 5.32 Å². The third kappa shape index (κ3) is 4.73. The molecule has 1 aromatic carbocycles. The van der Waals surface area contributed by atoms with Crippen LogP contribution in [0.1, 0.15) is 43.0 Å². The number of amides is 2. The molecule has 1 fully saturated rings. The van der Waals surface area contributed by atoms with Gasteiger partial charge in [0, 0.05) is 36.6 Å². The number of rotatable bonds is 5. The summed E-state index contributed by atoms with van der Waals surface area (Å²) in [6.07, 6.45) is 3.46. The highest BCUT2D eigenvalue weighted by atomic mass is 35.5. The molecular formula is C17H23ClN2O2. The number of nitrogens with one attached hydrogen (secondary N) is 1. The van der Waals surface area contributed by atoms with Gasteiger partial charge in [-0.3, -0.25) is 9.59 Å². The van der Waals surface area contributed by atoms with Crippen molar-refractivity contribution in [2.24, 2.45) is 5.92 Å². The Labute approximate surface area is 136 Å². The van der Waals surface area contributed by atoms with Crippen LogP contribution in [0, 0.1) is 5.92 Å². The van der Waals surface area contributed by atoms with Crippen LogP contribution in [-0.4, -0.2) is 36.3 Å². The smallest absolute Gasteiger partial charge is 0.253 e. The van der Waals surface area contributed by atoms with Crippen LogP contribution in [-0.2, 0) is 4.79 Å². The van der Waals surface area contributed by atoms with Crippen LogP contribution in [0.4, 0.5) is 0 Å². The van der Waals surface area contributed by atoms with E-state index >= 15 is 0 Å². The molecule has 0 unspecified atom stereocenters. The van der Waals surface area contributed by atoms with E-state index in [1.165, 1.54) is 0 Å². The zero-order chi connectivity index (χ0) is 15.9. The molecule has 4 nitrogen and oxygen atoms in total. The van der Waals surface area contributed by atoms with E-state index in [9.17, 15) is 9.59 Å². The van der Waals surface area contributed by atoms with Crippen molar-refractivity contribution in [3.63, 3.8) is 0 Å². The van der Waals surface area contributed by atoms with E-state index < -0.39 is 0 Å². The number of hydrogen-bond acceptors (Lipinski definition) is 2. The Morgan fingerprint density at radius 3 is 2.73 bits per heavy atom. The topological polar surface area (TPSA) is 49.4 Å². The van der Waals surface area contributed by atoms with E-state index in [0.717, 1.165) is 25.8 Å². The second kappa shape index (κ2) is 8.18. The van der Waals surface area contributed by atoms with Crippen molar-refractivity contribution < 1.29 is 9.59 Å². The summed E-state index contributed by atoms with van der Waals surface area (Å²) in [6, 6.07) is 7.00. The van der Waals surface area contributed by atoms with E-state index in [4.69, 9.17) is 11.6 Å². The van der Waals surface area contributed by atoms with Gasteiger partial charge in [-0.25, -0.2) is 0 Å². The first-order chi connectivity index (χ1) is 10.6. The van der Waals surface area contributed by atoms with Crippen molar-refractivity contribution >= 4 is 23.4 Å². The number of benzene rings is 1. The molecule has 5 heteroatoms. The molecule has 1 heterocycles. The van der Waals surface area contributed by atoms with Crippen molar-refractivity contribution in [3.8, 4) is 0 Å². The number of carbonyl (C=O) groups is 2. The number of halogens is 1. The Bertz CT molecular complexity index is 516. The van der Waals surface area contributed by atoms with Crippen molar-refractivity contribution in [3.05, 3.63) is 34.9 Å². The van der Waals surface area contributed by atoms with Crippen LogP contribution >= 0.6 is 11.6 Å². The van der Waals surface area contributed by atoms with Crippen LogP contribution in [0.2, 0.25) is 5.02 Å². The zero-order valence-corrected chi connectivity index (χ0v) is 13.7. The van der Waals surface area contributed by atoms with Crippen molar-refractivity contribution in [2.45, 2.75) is 32.6 Å². The number of nitrogens with zero attached hydrogens (tertiary/aromatic N) is 1. The minimum atomic E-state index is 0.0428. The fourth-order valence-electron chi connectivity index (χ4n) is 2.76. The quantitative estimate of drug-likeness (QED) is 0.905. The average Bonchev–Trinajstić information content (AvgIpc) is 2.53. The number of piperidine rings is 1. The summed E-state index contributed by atoms with van der Waals surface area (Å²) < 4.78 is 0. The Hall–Kier alpha value is -1.55. The molecule has 0 spiro atoms. The zero-order valence-electron chi connectivity index (χ0n) is 13.0. The Morgan fingerprint density at radius 2 is 2.05 bits per heavy atom. The first-order valence-electron chi connectivity index (χ1n) is 7.91. The van der Waals surface area contributed by atoms with Crippen molar-refractivity contribution in [2.75, 3.05) is 19.6 Å². The summed E-state index contributed by atoms with van der Waals surface area (Å²) in [6.45, 7) is 4.13. The van der Waals surface area contributed by atoms with Crippen LogP contribution in [0.5, 0.6) is 0 Å². The summed E-state index contributed by atoms with van der Waals surface area (Å²) in [5, 5.41) is 3.60. The van der Waals surface area contributed by atoms with Crippen LogP contribution in [0.3, 0.4) is 0 Å². The van der Waals surface area contributed by atoms with Gasteiger partial charge in [0.25, 0.3) is 5.91 Å². The van der Waals surface area contributed by atoms with Gasteiger partial charge in [0.05, 0.1) is 0 Å². The minimum absolute atomic E-state index is 0.0428. The predicted molar refractivity (Wildman–Crippen MR) is 88.0 cm³/mol. The lowest BCUT2D eigenvalue weighted by atomic mass is 9.97. The lowest BCUT2D eigenvalue weighted by Crippen LogP contribution is -2.43. The van der Waals surface area contributed by atoms with Gasteiger partial charge in [0.15, 0.2) is 0 Å². The van der Waals surface area contributed by atoms with Gasteiger partial charge in [-0.15, -0.1) is 0 Å². The summed E-state index contributed by atoms with van der Waals surface area (Å²) >= 11 is 5.86. The third-order valence-electron chi connectivity index (χ3n) is 3.96. The highest BCUT2D eigenvalue weighted by Crippen LogP contribution is 2.19. The molecule has 1 N–H and O–H groups in total. The molecular weight excluding hydrogens is 300 g/mol. The summed E-state index contributed by atoms with van der Waals surface area (Å²) in [7, 11) is 0. The van der Waals surface area contributed by atoms with Crippen molar-refractivity contribution in [1.82, 2.24) is 10.2 Å². The van der Waals surface area contributed by atoms with Crippen LogP contribution in [0.15, 0.2) is 24.3 Å². The molecule has 22 heavy (non-hydrogen) atoms. The molecule has 1 aliphatic rings. The lowest BCUT2D eigenvalue weighted by molar-refractivity contribution is -0.121. The van der Waals surface area contributed by atoms with Gasteiger partial charge in [0.1, 0.15) is 0 Å². The maximum atomic E-state index is 12.5. The van der Waals surface area contributed by atoms with Gasteiger partial charge >= 0.3 is 0 Å². The largest absolute Gasteiger partial charge is 0.356 e. The van der Waals surface area contributed by atoms with Gasteiger partial charge in [-0.2, -0.15) is 0 Å². The number of likely N-dealkylation sites (tertiary alicyclic amines) is 1. The molecule has 2 amide bonds. The van der Waals surface area contributed by atoms with E-state index in [1.54, 1.807) is 24.3 Å². The minimum Gasteiger partial charge on any atom is -0.356 e. The van der Waals surface area contributed by atoms with E-state index in [2.05, 4.69) is 5.32 Å². The van der Waals surface area contributed by atoms with Gasteiger partial charge < -0.3 is 10.2 Å². The summed E-state index contributed by atoms with van der Waals surface area (Å²) in [5.41, 5.74) is 0.667. The third-order valence-corrected chi connectivity index (χ3v) is 4.21. The van der Waals surface area contributed by atoms with E-state index in [-0.39, 0.29) is 11.8 Å². The molecule has 1 aromatic rings. The van der Waals surface area contributed by atoms with Crippen LogP contribution in [0.25, 0.3) is 0 Å². The normalized spacial score (nSPS) is 18.1. The standard InChI is InChI=1S/C17H23ClN2O2/c1-2-4-16(21)19-11-13-5-3-10-20(12-13)17(22)14-6-8-15(18)9-7-14/h6-9,13H,2-5,10-12H2,1H3,(H,19,21)/t13-/m1/s1. The molecule has 1 atom stereocenters. The predicted octanol–water partition coefficient (Wildman–Crippen LogP) is 3.11.